The molecule has 0 bridgehead atoms. The van der Waals surface area contributed by atoms with E-state index in [1.807, 2.05) is 6.07 Å². The van der Waals surface area contributed by atoms with Gasteiger partial charge < -0.3 is 14.9 Å². The van der Waals surface area contributed by atoms with Crippen LogP contribution in [0.4, 0.5) is 0 Å². The highest BCUT2D eigenvalue weighted by Gasteiger charge is 2.11. The molecule has 2 rings (SSSR count). The van der Waals surface area contributed by atoms with Gasteiger partial charge in [0.2, 0.25) is 0 Å². The van der Waals surface area contributed by atoms with Gasteiger partial charge in [-0.25, -0.2) is 0 Å². The highest BCUT2D eigenvalue weighted by Crippen LogP contribution is 2.11. The number of amides is 1. The van der Waals surface area contributed by atoms with Crippen LogP contribution in [0.25, 0.3) is 0 Å². The molecular weight excluding hydrogens is 220 g/mol. The molecule has 2 N–H and O–H groups in total. The first-order chi connectivity index (χ1) is 8.16. The third-order valence-electron chi connectivity index (χ3n) is 2.36. The van der Waals surface area contributed by atoms with E-state index < -0.39 is 0 Å². The van der Waals surface area contributed by atoms with Gasteiger partial charge in [0.25, 0.3) is 5.91 Å². The van der Waals surface area contributed by atoms with Gasteiger partial charge in [0.15, 0.2) is 0 Å². The van der Waals surface area contributed by atoms with E-state index >= 15 is 0 Å². The first-order valence-electron chi connectivity index (χ1n) is 5.14. The second kappa shape index (κ2) is 4.69. The van der Waals surface area contributed by atoms with Crippen LogP contribution < -0.4 is 5.32 Å². The molecule has 2 aromatic rings. The Labute approximate surface area is 98.1 Å². The maximum Gasteiger partial charge on any atom is 0.256 e. The molecule has 0 radical (unpaired) electrons. The summed E-state index contributed by atoms with van der Waals surface area (Å²) >= 11 is 0. The van der Waals surface area contributed by atoms with Crippen LogP contribution >= 0.6 is 0 Å². The summed E-state index contributed by atoms with van der Waals surface area (Å²) in [4.78, 5) is 11.7. The van der Waals surface area contributed by atoms with Crippen molar-refractivity contribution in [3.8, 4) is 5.75 Å². The fraction of sp³-hybridized carbons (Fsp3) is 0.167. The number of phenolic OH excluding ortho intramolecular Hbond substituents is 1. The zero-order chi connectivity index (χ0) is 12.3. The third-order valence-corrected chi connectivity index (χ3v) is 2.36. The summed E-state index contributed by atoms with van der Waals surface area (Å²) in [5.74, 6) is 0.420. The summed E-state index contributed by atoms with van der Waals surface area (Å²) in [6.45, 7) is 2.02. The smallest absolute Gasteiger partial charge is 0.256 e. The predicted molar refractivity (Wildman–Crippen MR) is 60.5 cm³/mol. The molecule has 0 aliphatic heterocycles. The number of aromatic nitrogens is 1. The van der Waals surface area contributed by atoms with Gasteiger partial charge in [-0.1, -0.05) is 17.3 Å². The summed E-state index contributed by atoms with van der Waals surface area (Å²) < 4.78 is 4.81. The van der Waals surface area contributed by atoms with E-state index in [1.54, 1.807) is 25.1 Å². The molecule has 1 aromatic carbocycles. The number of hydrogen-bond acceptors (Lipinski definition) is 4. The first kappa shape index (κ1) is 11.2. The third kappa shape index (κ3) is 2.63. The Morgan fingerprint density at radius 2 is 2.35 bits per heavy atom. The number of nitrogens with zero attached hydrogens (tertiary/aromatic N) is 1. The second-order valence-corrected chi connectivity index (χ2v) is 3.65. The van der Waals surface area contributed by atoms with Gasteiger partial charge in [-0.3, -0.25) is 4.79 Å². The molecule has 88 valence electrons. The minimum atomic E-state index is -0.243. The summed E-state index contributed by atoms with van der Waals surface area (Å²) in [5, 5.41) is 15.5. The van der Waals surface area contributed by atoms with Crippen LogP contribution in [0.15, 0.2) is 35.0 Å². The standard InChI is InChI=1S/C12H12N2O3/c1-8-11(7-14-17-8)12(16)13-6-9-3-2-4-10(15)5-9/h2-5,7,15H,6H2,1H3,(H,13,16). The van der Waals surface area contributed by atoms with Crippen LogP contribution in [0.2, 0.25) is 0 Å². The average molecular weight is 232 g/mol. The molecule has 0 unspecified atom stereocenters. The summed E-state index contributed by atoms with van der Waals surface area (Å²) in [5.41, 5.74) is 1.25. The first-order valence-corrected chi connectivity index (χ1v) is 5.14. The Bertz CT molecular complexity index is 534. The zero-order valence-corrected chi connectivity index (χ0v) is 9.30. The average Bonchev–Trinajstić information content (AvgIpc) is 2.72. The lowest BCUT2D eigenvalue weighted by atomic mass is 10.2. The largest absolute Gasteiger partial charge is 0.508 e. The van der Waals surface area contributed by atoms with Gasteiger partial charge in [0.05, 0.1) is 6.20 Å². The minimum absolute atomic E-state index is 0.179. The van der Waals surface area contributed by atoms with Crippen molar-refractivity contribution in [2.45, 2.75) is 13.5 Å². The number of carbonyl (C=O) groups is 1. The molecule has 0 saturated heterocycles. The molecule has 5 heteroatoms. The Morgan fingerprint density at radius 3 is 3.00 bits per heavy atom. The molecule has 1 amide bonds. The van der Waals surface area contributed by atoms with Gasteiger partial charge in [0.1, 0.15) is 17.1 Å². The maximum absolute atomic E-state index is 11.7. The number of phenols is 1. The van der Waals surface area contributed by atoms with Crippen LogP contribution in [0, 0.1) is 6.92 Å². The van der Waals surface area contributed by atoms with Gasteiger partial charge in [0, 0.05) is 6.54 Å². The number of rotatable bonds is 3. The Kier molecular flexibility index (Phi) is 3.09. The highest BCUT2D eigenvalue weighted by atomic mass is 16.5. The number of hydrogen-bond donors (Lipinski definition) is 2. The van der Waals surface area contributed by atoms with Gasteiger partial charge in [-0.15, -0.1) is 0 Å². The maximum atomic E-state index is 11.7. The van der Waals surface area contributed by atoms with Crippen molar-refractivity contribution in [1.29, 1.82) is 0 Å². The predicted octanol–water partition coefficient (Wildman–Crippen LogP) is 1.62. The molecule has 1 heterocycles. The van der Waals surface area contributed by atoms with Crippen LogP contribution in [0.3, 0.4) is 0 Å². The molecule has 1 aromatic heterocycles. The number of aryl methyl sites for hydroxylation is 1. The van der Waals surface area contributed by atoms with Gasteiger partial charge >= 0.3 is 0 Å². The highest BCUT2D eigenvalue weighted by molar-refractivity contribution is 5.94. The zero-order valence-electron chi connectivity index (χ0n) is 9.30. The van der Waals surface area contributed by atoms with Crippen molar-refractivity contribution in [2.75, 3.05) is 0 Å². The fourth-order valence-corrected chi connectivity index (χ4v) is 1.46. The Hall–Kier alpha value is -2.30. The fourth-order valence-electron chi connectivity index (χ4n) is 1.46. The molecule has 5 nitrogen and oxygen atoms in total. The van der Waals surface area contributed by atoms with Crippen molar-refractivity contribution >= 4 is 5.91 Å². The van der Waals surface area contributed by atoms with E-state index in [2.05, 4.69) is 10.5 Å². The van der Waals surface area contributed by atoms with Gasteiger partial charge in [-0.05, 0) is 24.6 Å². The molecule has 0 atom stereocenters. The summed E-state index contributed by atoms with van der Waals surface area (Å²) in [6.07, 6.45) is 1.38. The normalized spacial score (nSPS) is 10.2. The van der Waals surface area contributed by atoms with E-state index in [1.165, 1.54) is 6.20 Å². The number of aromatic hydroxyl groups is 1. The second-order valence-electron chi connectivity index (χ2n) is 3.65. The van der Waals surface area contributed by atoms with E-state index in [0.29, 0.717) is 17.9 Å². The molecular formula is C12H12N2O3. The molecule has 0 saturated carbocycles. The van der Waals surface area contributed by atoms with Crippen molar-refractivity contribution in [3.05, 3.63) is 47.3 Å². The van der Waals surface area contributed by atoms with Crippen LogP contribution in [-0.4, -0.2) is 16.2 Å². The quantitative estimate of drug-likeness (QED) is 0.843. The molecule has 0 fully saturated rings. The summed E-state index contributed by atoms with van der Waals surface area (Å²) in [6, 6.07) is 6.72. The van der Waals surface area contributed by atoms with Gasteiger partial charge in [-0.2, -0.15) is 0 Å². The topological polar surface area (TPSA) is 75.4 Å². The Balaban J connectivity index is 1.99. The number of carbonyl (C=O) groups excluding carboxylic acids is 1. The minimum Gasteiger partial charge on any atom is -0.508 e. The van der Waals surface area contributed by atoms with Crippen molar-refractivity contribution in [1.82, 2.24) is 10.5 Å². The number of nitrogens with one attached hydrogen (secondary N) is 1. The van der Waals surface area contributed by atoms with Crippen molar-refractivity contribution < 1.29 is 14.4 Å². The molecule has 0 aliphatic carbocycles. The van der Waals surface area contributed by atoms with Crippen LogP contribution in [0.1, 0.15) is 21.7 Å². The van der Waals surface area contributed by atoms with E-state index in [9.17, 15) is 9.90 Å². The van der Waals surface area contributed by atoms with Crippen molar-refractivity contribution in [2.24, 2.45) is 0 Å². The summed E-state index contributed by atoms with van der Waals surface area (Å²) in [7, 11) is 0. The lowest BCUT2D eigenvalue weighted by Gasteiger charge is -2.04. The Morgan fingerprint density at radius 1 is 1.53 bits per heavy atom. The molecule has 0 aliphatic rings. The monoisotopic (exact) mass is 232 g/mol. The van der Waals surface area contributed by atoms with E-state index in [4.69, 9.17) is 4.52 Å². The van der Waals surface area contributed by atoms with Crippen LogP contribution in [0.5, 0.6) is 5.75 Å². The lowest BCUT2D eigenvalue weighted by Crippen LogP contribution is -2.22. The van der Waals surface area contributed by atoms with E-state index in [0.717, 1.165) is 5.56 Å². The SMILES string of the molecule is Cc1oncc1C(=O)NCc1cccc(O)c1. The lowest BCUT2D eigenvalue weighted by molar-refractivity contribution is 0.0949. The number of benzene rings is 1. The molecule has 17 heavy (non-hydrogen) atoms. The molecule has 0 spiro atoms. The van der Waals surface area contributed by atoms with Crippen molar-refractivity contribution in [3.63, 3.8) is 0 Å². The van der Waals surface area contributed by atoms with E-state index in [-0.39, 0.29) is 11.7 Å². The van der Waals surface area contributed by atoms with Crippen LogP contribution in [-0.2, 0) is 6.54 Å².